The molecule has 0 aliphatic rings. The van der Waals surface area contributed by atoms with Crippen LogP contribution in [-0.2, 0) is 0 Å². The van der Waals surface area contributed by atoms with E-state index in [2.05, 4.69) is 13.2 Å². The van der Waals surface area contributed by atoms with E-state index in [1.807, 2.05) is 0 Å². The average molecular weight is 248 g/mol. The van der Waals surface area contributed by atoms with Gasteiger partial charge in [0.05, 0.1) is 0 Å². The summed E-state index contributed by atoms with van der Waals surface area (Å²) >= 11 is 0. The maximum atomic E-state index is 10.9. The van der Waals surface area contributed by atoms with Crippen molar-refractivity contribution in [3.63, 3.8) is 0 Å². The lowest BCUT2D eigenvalue weighted by atomic mass is 9.95. The van der Waals surface area contributed by atoms with Crippen LogP contribution in [0.1, 0.15) is 23.2 Å². The van der Waals surface area contributed by atoms with Crippen molar-refractivity contribution >= 4 is 0 Å². The van der Waals surface area contributed by atoms with Gasteiger partial charge in [-0.05, 0) is 12.2 Å². The Morgan fingerprint density at radius 3 is 1.50 bits per heavy atom. The molecule has 0 bridgehead atoms. The van der Waals surface area contributed by atoms with E-state index in [0.29, 0.717) is 0 Å². The van der Waals surface area contributed by atoms with E-state index in [0.717, 1.165) is 12.2 Å². The van der Waals surface area contributed by atoms with Gasteiger partial charge >= 0.3 is 0 Å². The molecular weight excluding hydrogens is 236 g/mol. The molecule has 6 nitrogen and oxygen atoms in total. The van der Waals surface area contributed by atoms with Crippen molar-refractivity contribution < 1.29 is 9.85 Å². The second-order valence-electron chi connectivity index (χ2n) is 3.56. The summed E-state index contributed by atoms with van der Waals surface area (Å²) in [6.45, 7) is 6.78. The predicted octanol–water partition coefficient (Wildman–Crippen LogP) is 2.69. The summed E-state index contributed by atoms with van der Waals surface area (Å²) in [5.74, 6) is 0. The first-order chi connectivity index (χ1) is 8.52. The van der Waals surface area contributed by atoms with Crippen LogP contribution in [-0.4, -0.2) is 9.85 Å². The number of hydrogen-bond donors (Lipinski definition) is 0. The molecule has 0 aliphatic carbocycles. The normalized spacial score (nSPS) is 13.3. The number of nitrogens with zero attached hydrogens (tertiary/aromatic N) is 2. The smallest absolute Gasteiger partial charge is 0.256 e. The Balaban J connectivity index is 3.37. The number of hydrogen-bond acceptors (Lipinski definition) is 4. The zero-order chi connectivity index (χ0) is 13.7. The van der Waals surface area contributed by atoms with E-state index in [1.165, 1.54) is 12.1 Å². The van der Waals surface area contributed by atoms with Gasteiger partial charge in [0.15, 0.2) is 0 Å². The van der Waals surface area contributed by atoms with Crippen molar-refractivity contribution in [3.05, 3.63) is 80.9 Å². The van der Waals surface area contributed by atoms with Crippen LogP contribution in [0.4, 0.5) is 0 Å². The molecule has 2 unspecified atom stereocenters. The van der Waals surface area contributed by atoms with Crippen molar-refractivity contribution in [2.75, 3.05) is 0 Å². The van der Waals surface area contributed by atoms with Gasteiger partial charge in [0.25, 0.3) is 12.1 Å². The van der Waals surface area contributed by atoms with Gasteiger partial charge in [-0.1, -0.05) is 37.4 Å². The van der Waals surface area contributed by atoms with Gasteiger partial charge in [0.1, 0.15) is 0 Å². The Hall–Kier alpha value is -2.50. The van der Waals surface area contributed by atoms with Crippen molar-refractivity contribution in [2.24, 2.45) is 0 Å². The first kappa shape index (κ1) is 13.6. The van der Waals surface area contributed by atoms with Crippen LogP contribution in [0.5, 0.6) is 0 Å². The zero-order valence-corrected chi connectivity index (χ0v) is 9.56. The Labute approximate surface area is 104 Å². The van der Waals surface area contributed by atoms with E-state index in [-0.39, 0.29) is 11.1 Å². The second-order valence-corrected chi connectivity index (χ2v) is 3.56. The lowest BCUT2D eigenvalue weighted by Crippen LogP contribution is -2.15. The highest BCUT2D eigenvalue weighted by molar-refractivity contribution is 5.34. The third-order valence-electron chi connectivity index (χ3n) is 2.53. The molecule has 0 N–H and O–H groups in total. The molecule has 0 aliphatic heterocycles. The molecule has 2 atom stereocenters. The third-order valence-corrected chi connectivity index (χ3v) is 2.53. The Bertz CT molecular complexity index is 454. The van der Waals surface area contributed by atoms with Crippen molar-refractivity contribution in [1.29, 1.82) is 0 Å². The molecule has 1 aromatic carbocycles. The summed E-state index contributed by atoms with van der Waals surface area (Å²) in [5.41, 5.74) is 0.526. The molecular formula is C12H12N2O4. The van der Waals surface area contributed by atoms with E-state index >= 15 is 0 Å². The van der Waals surface area contributed by atoms with Crippen LogP contribution < -0.4 is 0 Å². The summed E-state index contributed by atoms with van der Waals surface area (Å²) in [7, 11) is 0. The fourth-order valence-electron chi connectivity index (χ4n) is 1.70. The predicted molar refractivity (Wildman–Crippen MR) is 66.3 cm³/mol. The maximum absolute atomic E-state index is 10.9. The monoisotopic (exact) mass is 248 g/mol. The van der Waals surface area contributed by atoms with Crippen LogP contribution in [0.25, 0.3) is 0 Å². The molecule has 0 fully saturated rings. The number of rotatable bonds is 6. The largest absolute Gasteiger partial charge is 0.264 e. The van der Waals surface area contributed by atoms with Crippen molar-refractivity contribution in [1.82, 2.24) is 0 Å². The summed E-state index contributed by atoms with van der Waals surface area (Å²) in [4.78, 5) is 20.7. The maximum Gasteiger partial charge on any atom is 0.256 e. The minimum absolute atomic E-state index is 0.263. The molecule has 6 heteroatoms. The summed E-state index contributed by atoms with van der Waals surface area (Å²) < 4.78 is 0. The molecule has 94 valence electrons. The van der Waals surface area contributed by atoms with Gasteiger partial charge in [0, 0.05) is 21.0 Å². The van der Waals surface area contributed by atoms with Crippen LogP contribution in [0.2, 0.25) is 0 Å². The number of benzene rings is 1. The van der Waals surface area contributed by atoms with Gasteiger partial charge in [-0.3, -0.25) is 20.2 Å². The number of nitro groups is 2. The fourth-order valence-corrected chi connectivity index (χ4v) is 1.70. The van der Waals surface area contributed by atoms with Gasteiger partial charge in [-0.25, -0.2) is 0 Å². The summed E-state index contributed by atoms with van der Waals surface area (Å²) in [5, 5.41) is 21.8. The molecule has 0 spiro atoms. The first-order valence-corrected chi connectivity index (χ1v) is 5.13. The average Bonchev–Trinajstić information content (AvgIpc) is 2.32. The molecule has 0 amide bonds. The van der Waals surface area contributed by atoms with Gasteiger partial charge in [-0.2, -0.15) is 0 Å². The van der Waals surface area contributed by atoms with E-state index < -0.39 is 21.9 Å². The molecule has 0 saturated heterocycles. The van der Waals surface area contributed by atoms with Crippen LogP contribution in [0.3, 0.4) is 0 Å². The lowest BCUT2D eigenvalue weighted by molar-refractivity contribution is -0.522. The minimum Gasteiger partial charge on any atom is -0.264 e. The molecule has 0 radical (unpaired) electrons. The molecule has 0 saturated carbocycles. The first-order valence-electron chi connectivity index (χ1n) is 5.13. The molecule has 0 aromatic heterocycles. The zero-order valence-electron chi connectivity index (χ0n) is 9.56. The van der Waals surface area contributed by atoms with Gasteiger partial charge in [-0.15, -0.1) is 0 Å². The lowest BCUT2D eigenvalue weighted by Gasteiger charge is -2.12. The van der Waals surface area contributed by atoms with Crippen LogP contribution in [0.15, 0.2) is 49.6 Å². The highest BCUT2D eigenvalue weighted by Crippen LogP contribution is 2.28. The van der Waals surface area contributed by atoms with Crippen molar-refractivity contribution in [3.8, 4) is 0 Å². The fraction of sp³-hybridized carbons (Fsp3) is 0.167. The highest BCUT2D eigenvalue weighted by Gasteiger charge is 2.29. The van der Waals surface area contributed by atoms with Gasteiger partial charge < -0.3 is 0 Å². The van der Waals surface area contributed by atoms with Crippen LogP contribution in [0, 0.1) is 20.2 Å². The van der Waals surface area contributed by atoms with E-state index in [4.69, 9.17) is 0 Å². The van der Waals surface area contributed by atoms with Crippen molar-refractivity contribution in [2.45, 2.75) is 12.1 Å². The standard InChI is InChI=1S/C12H12N2O4/c1-3-11(13(15)16)9-7-5-6-8-10(9)12(4-2)14(17)18/h3-8,11-12H,1-2H2. The topological polar surface area (TPSA) is 86.3 Å². The van der Waals surface area contributed by atoms with Gasteiger partial charge in [0.2, 0.25) is 0 Å². The summed E-state index contributed by atoms with van der Waals surface area (Å²) in [6.07, 6.45) is 2.30. The van der Waals surface area contributed by atoms with E-state index in [9.17, 15) is 20.2 Å². The van der Waals surface area contributed by atoms with Crippen LogP contribution >= 0.6 is 0 Å². The quantitative estimate of drug-likeness (QED) is 0.440. The third kappa shape index (κ3) is 2.60. The molecule has 0 heterocycles. The Kier molecular flexibility index (Phi) is 4.31. The molecule has 18 heavy (non-hydrogen) atoms. The second kappa shape index (κ2) is 5.72. The Morgan fingerprint density at radius 2 is 1.28 bits per heavy atom. The molecule has 1 rings (SSSR count). The minimum atomic E-state index is -1.16. The highest BCUT2D eigenvalue weighted by atomic mass is 16.6. The Morgan fingerprint density at radius 1 is 0.944 bits per heavy atom. The SMILES string of the molecule is C=CC(c1ccccc1C(C=C)[N+](=O)[O-])[N+](=O)[O-]. The molecule has 1 aromatic rings. The van der Waals surface area contributed by atoms with E-state index in [1.54, 1.807) is 12.1 Å². The summed E-state index contributed by atoms with van der Waals surface area (Å²) in [6, 6.07) is 3.85.